The average Bonchev–Trinajstić information content (AvgIpc) is 3.20. The summed E-state index contributed by atoms with van der Waals surface area (Å²) in [5.41, 5.74) is 3.32. The Morgan fingerprint density at radius 2 is 1.77 bits per heavy atom. The normalized spacial score (nSPS) is 10.6. The Balaban J connectivity index is 1.74. The Kier molecular flexibility index (Phi) is 5.50. The van der Waals surface area contributed by atoms with Gasteiger partial charge in [0, 0.05) is 16.3 Å². The lowest BCUT2D eigenvalue weighted by molar-refractivity contribution is 0.101. The molecule has 0 saturated heterocycles. The summed E-state index contributed by atoms with van der Waals surface area (Å²) >= 11 is 6.00. The summed E-state index contributed by atoms with van der Waals surface area (Å²) in [7, 11) is 1.61. The van der Waals surface area contributed by atoms with Gasteiger partial charge in [-0.25, -0.2) is 9.67 Å². The summed E-state index contributed by atoms with van der Waals surface area (Å²) in [4.78, 5) is 17.3. The number of methoxy groups -OCH3 is 1. The van der Waals surface area contributed by atoms with Crippen molar-refractivity contribution in [2.45, 2.75) is 6.92 Å². The van der Waals surface area contributed by atoms with Crippen LogP contribution >= 0.6 is 11.6 Å². The highest BCUT2D eigenvalue weighted by Gasteiger charge is 2.19. The predicted octanol–water partition coefficient (Wildman–Crippen LogP) is 5.16. The van der Waals surface area contributed by atoms with Crippen molar-refractivity contribution < 1.29 is 9.53 Å². The highest BCUT2D eigenvalue weighted by atomic mass is 35.5. The molecule has 0 bridgehead atoms. The summed E-state index contributed by atoms with van der Waals surface area (Å²) in [5, 5.41) is 7.79. The van der Waals surface area contributed by atoms with Gasteiger partial charge in [0.15, 0.2) is 5.82 Å². The average molecular weight is 419 g/mol. The monoisotopic (exact) mass is 418 g/mol. The molecule has 0 fully saturated rings. The number of aryl methyl sites for hydroxylation is 1. The van der Waals surface area contributed by atoms with Gasteiger partial charge in [0.25, 0.3) is 5.91 Å². The molecular formula is C23H19ClN4O2. The SMILES string of the molecule is COc1ccc(-n2nc(C(=O)Nc3cccc(Cl)c3)nc2-c2ccc(C)cc2)cc1. The van der Waals surface area contributed by atoms with Crippen molar-refractivity contribution in [1.82, 2.24) is 14.8 Å². The Morgan fingerprint density at radius 1 is 1.03 bits per heavy atom. The van der Waals surface area contributed by atoms with Crippen LogP contribution in [0, 0.1) is 6.92 Å². The Hall–Kier alpha value is -3.64. The number of carbonyl (C=O) groups excluding carboxylic acids is 1. The fourth-order valence-corrected chi connectivity index (χ4v) is 3.14. The zero-order valence-corrected chi connectivity index (χ0v) is 17.2. The van der Waals surface area contributed by atoms with Crippen molar-refractivity contribution in [2.75, 3.05) is 12.4 Å². The highest BCUT2D eigenvalue weighted by Crippen LogP contribution is 2.24. The first-order valence-electron chi connectivity index (χ1n) is 9.29. The molecule has 0 radical (unpaired) electrons. The standard InChI is InChI=1S/C23H19ClN4O2/c1-15-6-8-16(9-7-15)22-26-21(23(29)25-18-5-3-4-17(24)14-18)27-28(22)19-10-12-20(30-2)13-11-19/h3-14H,1-2H3,(H,25,29). The first-order chi connectivity index (χ1) is 14.5. The summed E-state index contributed by atoms with van der Waals surface area (Å²) in [6, 6.07) is 22.2. The first kappa shape index (κ1) is 19.7. The van der Waals surface area contributed by atoms with Crippen molar-refractivity contribution >= 4 is 23.2 Å². The number of ether oxygens (including phenoxy) is 1. The summed E-state index contributed by atoms with van der Waals surface area (Å²) in [6.07, 6.45) is 0. The van der Waals surface area contributed by atoms with Crippen LogP contribution in [0.3, 0.4) is 0 Å². The minimum absolute atomic E-state index is 0.0568. The number of carbonyl (C=O) groups is 1. The van der Waals surface area contributed by atoms with Crippen molar-refractivity contribution in [3.8, 4) is 22.8 Å². The van der Waals surface area contributed by atoms with Gasteiger partial charge in [0.1, 0.15) is 5.75 Å². The molecule has 1 N–H and O–H groups in total. The van der Waals surface area contributed by atoms with E-state index in [-0.39, 0.29) is 5.82 Å². The second-order valence-corrected chi connectivity index (χ2v) is 7.14. The van der Waals surface area contributed by atoms with E-state index in [0.29, 0.717) is 16.5 Å². The number of nitrogens with zero attached hydrogens (tertiary/aromatic N) is 3. The molecule has 150 valence electrons. The Bertz CT molecular complexity index is 1180. The van der Waals surface area contributed by atoms with Gasteiger partial charge in [-0.05, 0) is 49.4 Å². The largest absolute Gasteiger partial charge is 0.497 e. The molecule has 0 unspecified atom stereocenters. The predicted molar refractivity (Wildman–Crippen MR) is 117 cm³/mol. The molecule has 0 saturated carbocycles. The molecule has 0 aliphatic rings. The van der Waals surface area contributed by atoms with Crippen LogP contribution in [0.4, 0.5) is 5.69 Å². The van der Waals surface area contributed by atoms with Gasteiger partial charge in [-0.15, -0.1) is 5.10 Å². The number of rotatable bonds is 5. The topological polar surface area (TPSA) is 69.0 Å². The lowest BCUT2D eigenvalue weighted by Crippen LogP contribution is -2.14. The van der Waals surface area contributed by atoms with E-state index in [1.807, 2.05) is 55.5 Å². The van der Waals surface area contributed by atoms with Crippen LogP contribution in [-0.4, -0.2) is 27.8 Å². The molecule has 6 nitrogen and oxygen atoms in total. The summed E-state index contributed by atoms with van der Waals surface area (Å²) in [5.74, 6) is 0.936. The van der Waals surface area contributed by atoms with Gasteiger partial charge in [-0.3, -0.25) is 4.79 Å². The van der Waals surface area contributed by atoms with Crippen molar-refractivity contribution in [2.24, 2.45) is 0 Å². The van der Waals surface area contributed by atoms with E-state index < -0.39 is 5.91 Å². The molecule has 4 rings (SSSR count). The molecule has 0 spiro atoms. The smallest absolute Gasteiger partial charge is 0.295 e. The maximum absolute atomic E-state index is 12.8. The number of hydrogen-bond donors (Lipinski definition) is 1. The Labute approximate surface area is 179 Å². The van der Waals surface area contributed by atoms with E-state index in [1.165, 1.54) is 0 Å². The highest BCUT2D eigenvalue weighted by molar-refractivity contribution is 6.30. The third kappa shape index (κ3) is 4.18. The van der Waals surface area contributed by atoms with Crippen LogP contribution in [0.1, 0.15) is 16.2 Å². The minimum atomic E-state index is -0.419. The fraction of sp³-hybridized carbons (Fsp3) is 0.0870. The zero-order valence-electron chi connectivity index (χ0n) is 16.5. The van der Waals surface area contributed by atoms with Gasteiger partial charge in [0.2, 0.25) is 5.82 Å². The lowest BCUT2D eigenvalue weighted by Gasteiger charge is -2.07. The molecular weight excluding hydrogens is 400 g/mol. The lowest BCUT2D eigenvalue weighted by atomic mass is 10.1. The molecule has 0 aliphatic heterocycles. The number of nitrogens with one attached hydrogen (secondary N) is 1. The Morgan fingerprint density at radius 3 is 2.43 bits per heavy atom. The fourth-order valence-electron chi connectivity index (χ4n) is 2.95. The van der Waals surface area contributed by atoms with Crippen LogP contribution in [0.5, 0.6) is 5.75 Å². The third-order valence-electron chi connectivity index (χ3n) is 4.52. The van der Waals surface area contributed by atoms with E-state index in [9.17, 15) is 4.79 Å². The number of hydrogen-bond acceptors (Lipinski definition) is 4. The van der Waals surface area contributed by atoms with Crippen molar-refractivity contribution in [3.05, 3.63) is 89.2 Å². The molecule has 7 heteroatoms. The second-order valence-electron chi connectivity index (χ2n) is 6.70. The van der Waals surface area contributed by atoms with E-state index in [4.69, 9.17) is 16.3 Å². The van der Waals surface area contributed by atoms with E-state index in [2.05, 4.69) is 15.4 Å². The first-order valence-corrected chi connectivity index (χ1v) is 9.67. The van der Waals surface area contributed by atoms with Crippen molar-refractivity contribution in [3.63, 3.8) is 0 Å². The molecule has 1 aromatic heterocycles. The third-order valence-corrected chi connectivity index (χ3v) is 4.75. The van der Waals surface area contributed by atoms with E-state index in [0.717, 1.165) is 22.6 Å². The minimum Gasteiger partial charge on any atom is -0.497 e. The van der Waals surface area contributed by atoms with Gasteiger partial charge >= 0.3 is 0 Å². The van der Waals surface area contributed by atoms with Gasteiger partial charge < -0.3 is 10.1 Å². The summed E-state index contributed by atoms with van der Waals surface area (Å²) in [6.45, 7) is 2.02. The number of benzene rings is 3. The summed E-state index contributed by atoms with van der Waals surface area (Å²) < 4.78 is 6.88. The maximum atomic E-state index is 12.8. The maximum Gasteiger partial charge on any atom is 0.295 e. The molecule has 3 aromatic carbocycles. The van der Waals surface area contributed by atoms with Crippen LogP contribution < -0.4 is 10.1 Å². The number of halogens is 1. The van der Waals surface area contributed by atoms with Crippen LogP contribution in [-0.2, 0) is 0 Å². The van der Waals surface area contributed by atoms with E-state index in [1.54, 1.807) is 36.1 Å². The number of amides is 1. The van der Waals surface area contributed by atoms with Gasteiger partial charge in [0.05, 0.1) is 12.8 Å². The molecule has 0 atom stereocenters. The van der Waals surface area contributed by atoms with Crippen LogP contribution in [0.25, 0.3) is 17.1 Å². The molecule has 30 heavy (non-hydrogen) atoms. The molecule has 1 heterocycles. The van der Waals surface area contributed by atoms with Crippen molar-refractivity contribution in [1.29, 1.82) is 0 Å². The van der Waals surface area contributed by atoms with Crippen LogP contribution in [0.2, 0.25) is 5.02 Å². The van der Waals surface area contributed by atoms with Gasteiger partial charge in [-0.2, -0.15) is 0 Å². The zero-order chi connectivity index (χ0) is 21.1. The van der Waals surface area contributed by atoms with Crippen LogP contribution in [0.15, 0.2) is 72.8 Å². The molecule has 4 aromatic rings. The van der Waals surface area contributed by atoms with Gasteiger partial charge in [-0.1, -0.05) is 47.5 Å². The quantitative estimate of drug-likeness (QED) is 0.486. The number of aromatic nitrogens is 3. The molecule has 0 aliphatic carbocycles. The number of anilines is 1. The second kappa shape index (κ2) is 8.39. The van der Waals surface area contributed by atoms with E-state index >= 15 is 0 Å². The molecule has 1 amide bonds.